The average Bonchev–Trinajstić information content (AvgIpc) is 2.41. The van der Waals surface area contributed by atoms with E-state index in [1.807, 2.05) is 12.1 Å². The van der Waals surface area contributed by atoms with Crippen LogP contribution in [0.3, 0.4) is 0 Å². The Kier molecular flexibility index (Phi) is 4.13. The molecule has 5 nitrogen and oxygen atoms in total. The third-order valence-corrected chi connectivity index (χ3v) is 5.64. The van der Waals surface area contributed by atoms with Crippen molar-refractivity contribution in [3.63, 3.8) is 0 Å². The summed E-state index contributed by atoms with van der Waals surface area (Å²) < 4.78 is 26.4. The van der Waals surface area contributed by atoms with Gasteiger partial charge in [-0.25, -0.2) is 8.42 Å². The minimum atomic E-state index is -3.59. The number of benzene rings is 1. The standard InChI is InChI=1S/C15H22N2O3S/c1-15(2,3)12-5-7-13(8-6-12)21(19,20)17-10-9-16(4)14(18)11-17/h5-8H,9-11H2,1-4H3. The van der Waals surface area contributed by atoms with Crippen molar-refractivity contribution in [1.82, 2.24) is 9.21 Å². The molecule has 0 saturated carbocycles. The van der Waals surface area contributed by atoms with Gasteiger partial charge in [0.05, 0.1) is 11.4 Å². The fourth-order valence-electron chi connectivity index (χ4n) is 2.22. The van der Waals surface area contributed by atoms with E-state index in [4.69, 9.17) is 0 Å². The second-order valence-corrected chi connectivity index (χ2v) is 8.37. The third-order valence-electron chi connectivity index (χ3n) is 3.78. The quantitative estimate of drug-likeness (QED) is 0.830. The number of hydrogen-bond acceptors (Lipinski definition) is 3. The van der Waals surface area contributed by atoms with Gasteiger partial charge in [0.15, 0.2) is 0 Å². The molecule has 21 heavy (non-hydrogen) atoms. The molecule has 0 bridgehead atoms. The molecule has 0 spiro atoms. The minimum Gasteiger partial charge on any atom is -0.343 e. The predicted molar refractivity (Wildman–Crippen MR) is 81.5 cm³/mol. The van der Waals surface area contributed by atoms with Gasteiger partial charge in [-0.05, 0) is 23.1 Å². The van der Waals surface area contributed by atoms with Crippen LogP contribution in [0.5, 0.6) is 0 Å². The molecule has 0 N–H and O–H groups in total. The Morgan fingerprint density at radius 3 is 2.10 bits per heavy atom. The Balaban J connectivity index is 2.26. The topological polar surface area (TPSA) is 57.7 Å². The van der Waals surface area contributed by atoms with Crippen molar-refractivity contribution in [3.05, 3.63) is 29.8 Å². The van der Waals surface area contributed by atoms with E-state index in [2.05, 4.69) is 20.8 Å². The van der Waals surface area contributed by atoms with E-state index in [1.54, 1.807) is 24.1 Å². The lowest BCUT2D eigenvalue weighted by molar-refractivity contribution is -0.132. The van der Waals surface area contributed by atoms with Crippen LogP contribution in [0.4, 0.5) is 0 Å². The first-order valence-corrected chi connectivity index (χ1v) is 8.41. The maximum Gasteiger partial charge on any atom is 0.243 e. The van der Waals surface area contributed by atoms with Gasteiger partial charge in [-0.2, -0.15) is 4.31 Å². The zero-order valence-electron chi connectivity index (χ0n) is 13.0. The van der Waals surface area contributed by atoms with Crippen LogP contribution in [0.1, 0.15) is 26.3 Å². The number of carbonyl (C=O) groups is 1. The summed E-state index contributed by atoms with van der Waals surface area (Å²) in [6, 6.07) is 6.92. The summed E-state index contributed by atoms with van der Waals surface area (Å²) in [5.74, 6) is -0.170. The molecule has 0 aromatic heterocycles. The lowest BCUT2D eigenvalue weighted by Gasteiger charge is -2.31. The molecule has 0 aliphatic carbocycles. The van der Waals surface area contributed by atoms with Crippen LogP contribution in [-0.2, 0) is 20.2 Å². The first kappa shape index (κ1) is 16.0. The summed E-state index contributed by atoms with van der Waals surface area (Å²) in [5, 5.41) is 0. The zero-order valence-corrected chi connectivity index (χ0v) is 13.8. The molecule has 6 heteroatoms. The van der Waals surface area contributed by atoms with Crippen molar-refractivity contribution < 1.29 is 13.2 Å². The van der Waals surface area contributed by atoms with Gasteiger partial charge in [0.25, 0.3) is 0 Å². The highest BCUT2D eigenvalue weighted by molar-refractivity contribution is 7.89. The molecular formula is C15H22N2O3S. The van der Waals surface area contributed by atoms with E-state index in [9.17, 15) is 13.2 Å². The van der Waals surface area contributed by atoms with E-state index in [0.717, 1.165) is 5.56 Å². The van der Waals surface area contributed by atoms with Gasteiger partial charge in [-0.15, -0.1) is 0 Å². The van der Waals surface area contributed by atoms with Crippen LogP contribution >= 0.6 is 0 Å². The number of rotatable bonds is 2. The molecule has 1 aromatic carbocycles. The Hall–Kier alpha value is -1.40. The number of carbonyl (C=O) groups excluding carboxylic acids is 1. The minimum absolute atomic E-state index is 0.0217. The van der Waals surface area contributed by atoms with E-state index in [1.165, 1.54) is 4.31 Å². The van der Waals surface area contributed by atoms with E-state index < -0.39 is 10.0 Å². The van der Waals surface area contributed by atoms with Crippen LogP contribution in [0, 0.1) is 0 Å². The molecule has 1 saturated heterocycles. The van der Waals surface area contributed by atoms with Gasteiger partial charge in [0, 0.05) is 20.1 Å². The normalized spacial score (nSPS) is 18.1. The largest absolute Gasteiger partial charge is 0.343 e. The fraction of sp³-hybridized carbons (Fsp3) is 0.533. The molecule has 1 aliphatic heterocycles. The molecular weight excluding hydrogens is 288 g/mol. The smallest absolute Gasteiger partial charge is 0.243 e. The molecule has 1 aliphatic rings. The molecule has 0 unspecified atom stereocenters. The van der Waals surface area contributed by atoms with Crippen LogP contribution in [0.2, 0.25) is 0 Å². The molecule has 0 atom stereocenters. The second kappa shape index (κ2) is 5.42. The summed E-state index contributed by atoms with van der Waals surface area (Å²) in [6.45, 7) is 6.92. The van der Waals surface area contributed by atoms with Gasteiger partial charge < -0.3 is 4.90 Å². The maximum absolute atomic E-state index is 12.6. The van der Waals surface area contributed by atoms with E-state index >= 15 is 0 Å². The molecule has 1 amide bonds. The molecule has 1 fully saturated rings. The van der Waals surface area contributed by atoms with Gasteiger partial charge in [0.2, 0.25) is 15.9 Å². The van der Waals surface area contributed by atoms with Gasteiger partial charge in [-0.3, -0.25) is 4.79 Å². The lowest BCUT2D eigenvalue weighted by atomic mass is 9.87. The monoisotopic (exact) mass is 310 g/mol. The predicted octanol–water partition coefficient (Wildman–Crippen LogP) is 1.45. The summed E-state index contributed by atoms with van der Waals surface area (Å²) >= 11 is 0. The fourth-order valence-corrected chi connectivity index (χ4v) is 3.60. The number of amides is 1. The Morgan fingerprint density at radius 1 is 1.05 bits per heavy atom. The molecule has 0 radical (unpaired) electrons. The first-order chi connectivity index (χ1) is 9.62. The van der Waals surface area contributed by atoms with Crippen LogP contribution in [0.15, 0.2) is 29.2 Å². The SMILES string of the molecule is CN1CCN(S(=O)(=O)c2ccc(C(C)(C)C)cc2)CC1=O. The Labute approximate surface area is 126 Å². The van der Waals surface area contributed by atoms with Crippen molar-refractivity contribution >= 4 is 15.9 Å². The summed E-state index contributed by atoms with van der Waals surface area (Å²) in [7, 11) is -1.91. The maximum atomic E-state index is 12.6. The van der Waals surface area contributed by atoms with Crippen molar-refractivity contribution in [2.45, 2.75) is 31.1 Å². The zero-order chi connectivity index (χ0) is 15.8. The van der Waals surface area contributed by atoms with Gasteiger partial charge >= 0.3 is 0 Å². The molecule has 116 valence electrons. The first-order valence-electron chi connectivity index (χ1n) is 6.97. The molecule has 1 heterocycles. The third kappa shape index (κ3) is 3.27. The summed E-state index contributed by atoms with van der Waals surface area (Å²) in [6.07, 6.45) is 0. The summed E-state index contributed by atoms with van der Waals surface area (Å²) in [4.78, 5) is 13.5. The van der Waals surface area contributed by atoms with Crippen LogP contribution in [-0.4, -0.2) is 50.2 Å². The number of hydrogen-bond donors (Lipinski definition) is 0. The van der Waals surface area contributed by atoms with Crippen molar-refractivity contribution in [3.8, 4) is 0 Å². The number of sulfonamides is 1. The van der Waals surface area contributed by atoms with E-state index in [-0.39, 0.29) is 22.8 Å². The van der Waals surface area contributed by atoms with E-state index in [0.29, 0.717) is 13.1 Å². The van der Waals surface area contributed by atoms with Gasteiger partial charge in [-0.1, -0.05) is 32.9 Å². The van der Waals surface area contributed by atoms with Crippen LogP contribution in [0.25, 0.3) is 0 Å². The number of piperazine rings is 1. The highest BCUT2D eigenvalue weighted by Gasteiger charge is 2.31. The Bertz CT molecular complexity index is 630. The summed E-state index contributed by atoms with van der Waals surface area (Å²) in [5.41, 5.74) is 1.06. The molecule has 2 rings (SSSR count). The molecule has 1 aromatic rings. The van der Waals surface area contributed by atoms with Crippen molar-refractivity contribution in [2.24, 2.45) is 0 Å². The lowest BCUT2D eigenvalue weighted by Crippen LogP contribution is -2.50. The Morgan fingerprint density at radius 2 is 1.62 bits per heavy atom. The average molecular weight is 310 g/mol. The van der Waals surface area contributed by atoms with Crippen molar-refractivity contribution in [2.75, 3.05) is 26.7 Å². The second-order valence-electron chi connectivity index (χ2n) is 6.43. The number of nitrogens with zero attached hydrogens (tertiary/aromatic N) is 2. The van der Waals surface area contributed by atoms with Gasteiger partial charge in [0.1, 0.15) is 0 Å². The van der Waals surface area contributed by atoms with Crippen LogP contribution < -0.4 is 0 Å². The highest BCUT2D eigenvalue weighted by Crippen LogP contribution is 2.25. The highest BCUT2D eigenvalue weighted by atomic mass is 32.2. The number of likely N-dealkylation sites (N-methyl/N-ethyl adjacent to an activating group) is 1. The van der Waals surface area contributed by atoms with Crippen molar-refractivity contribution in [1.29, 1.82) is 0 Å².